The summed E-state index contributed by atoms with van der Waals surface area (Å²) in [4.78, 5) is 51.3. The van der Waals surface area contributed by atoms with Gasteiger partial charge in [-0.15, -0.1) is 0 Å². The Kier molecular flexibility index (Phi) is 8.49. The second kappa shape index (κ2) is 11.8. The third-order valence-corrected chi connectivity index (χ3v) is 7.58. The van der Waals surface area contributed by atoms with Crippen LogP contribution in [0.3, 0.4) is 0 Å². The molecule has 37 heavy (non-hydrogen) atoms. The quantitative estimate of drug-likeness (QED) is 0.240. The van der Waals surface area contributed by atoms with Gasteiger partial charge in [-0.05, 0) is 72.5 Å². The maximum atomic E-state index is 12.9. The molecule has 12 heteroatoms. The third kappa shape index (κ3) is 6.31. The van der Waals surface area contributed by atoms with E-state index in [2.05, 4.69) is 15.9 Å². The maximum absolute atomic E-state index is 12.9. The molecule has 0 aromatic heterocycles. The van der Waals surface area contributed by atoms with Gasteiger partial charge in [0, 0.05) is 29.7 Å². The van der Waals surface area contributed by atoms with E-state index < -0.39 is 16.1 Å². The van der Waals surface area contributed by atoms with Crippen LogP contribution in [-0.2, 0) is 16.2 Å². The number of nitrogens with zero attached hydrogens (tertiary/aromatic N) is 3. The van der Waals surface area contributed by atoms with Crippen LogP contribution in [0.4, 0.5) is 10.5 Å². The topological polar surface area (TPSA) is 119 Å². The minimum absolute atomic E-state index is 0.00583. The average molecular weight is 590 g/mol. The van der Waals surface area contributed by atoms with E-state index in [9.17, 15) is 24.5 Å². The number of carbonyl (C=O) groups is 3. The van der Waals surface area contributed by atoms with Gasteiger partial charge < -0.3 is 14.4 Å². The van der Waals surface area contributed by atoms with Crippen molar-refractivity contribution >= 4 is 56.5 Å². The van der Waals surface area contributed by atoms with E-state index >= 15 is 0 Å². The van der Waals surface area contributed by atoms with Crippen molar-refractivity contribution in [3.8, 4) is 11.5 Å². The van der Waals surface area contributed by atoms with Crippen LogP contribution in [0.15, 0.2) is 45.8 Å². The summed E-state index contributed by atoms with van der Waals surface area (Å²) >= 11 is 4.27. The molecule has 2 aromatic carbocycles. The molecule has 0 bridgehead atoms. The summed E-state index contributed by atoms with van der Waals surface area (Å²) in [5.74, 6) is 0.0892. The Morgan fingerprint density at radius 1 is 1.14 bits per heavy atom. The van der Waals surface area contributed by atoms with E-state index in [0.29, 0.717) is 34.6 Å². The Morgan fingerprint density at radius 2 is 1.84 bits per heavy atom. The number of halogens is 1. The number of benzene rings is 2. The molecule has 0 atom stereocenters. The molecule has 2 aliphatic heterocycles. The number of likely N-dealkylation sites (tertiary alicyclic amines) is 1. The molecule has 194 valence electrons. The first kappa shape index (κ1) is 26.7. The Morgan fingerprint density at radius 3 is 2.49 bits per heavy atom. The molecule has 4 rings (SSSR count). The van der Waals surface area contributed by atoms with E-state index in [4.69, 9.17) is 9.47 Å². The molecule has 0 N–H and O–H groups in total. The molecule has 2 fully saturated rings. The smallest absolute Gasteiger partial charge is 0.294 e. The highest BCUT2D eigenvalue weighted by Crippen LogP contribution is 2.38. The molecule has 10 nitrogen and oxygen atoms in total. The van der Waals surface area contributed by atoms with Gasteiger partial charge in [0.15, 0.2) is 11.5 Å². The fraction of sp³-hybridized carbons (Fsp3) is 0.320. The molecule has 2 saturated heterocycles. The number of methoxy groups -OCH3 is 1. The standard InChI is InChI=1S/C25H24BrN3O7S/c1-35-20-11-17(19(26)13-21(20)36-15-16-5-7-18(8-6-16)29(33)34)12-22-24(31)28(25(32)37-22)14-23(30)27-9-3-2-4-10-27/h5-8,11-13H,2-4,9-10,14-15H2,1H3/b22-12+. The predicted octanol–water partition coefficient (Wildman–Crippen LogP) is 4.99. The highest BCUT2D eigenvalue weighted by molar-refractivity contribution is 9.10. The summed E-state index contributed by atoms with van der Waals surface area (Å²) in [5, 5.41) is 10.3. The van der Waals surface area contributed by atoms with Gasteiger partial charge >= 0.3 is 0 Å². The van der Waals surface area contributed by atoms with Gasteiger partial charge in [-0.2, -0.15) is 0 Å². The lowest BCUT2D eigenvalue weighted by molar-refractivity contribution is -0.384. The van der Waals surface area contributed by atoms with Crippen LogP contribution < -0.4 is 9.47 Å². The van der Waals surface area contributed by atoms with Crippen LogP contribution in [0, 0.1) is 10.1 Å². The number of non-ortho nitro benzene ring substituents is 1. The second-order valence-electron chi connectivity index (χ2n) is 8.45. The zero-order valence-electron chi connectivity index (χ0n) is 20.0. The maximum Gasteiger partial charge on any atom is 0.294 e. The third-order valence-electron chi connectivity index (χ3n) is 5.99. The summed E-state index contributed by atoms with van der Waals surface area (Å²) < 4.78 is 11.9. The first-order valence-electron chi connectivity index (χ1n) is 11.5. The van der Waals surface area contributed by atoms with Crippen molar-refractivity contribution in [1.29, 1.82) is 0 Å². The molecular weight excluding hydrogens is 566 g/mol. The number of nitro benzene ring substituents is 1. The summed E-state index contributed by atoms with van der Waals surface area (Å²) in [7, 11) is 1.48. The first-order valence-corrected chi connectivity index (χ1v) is 13.1. The zero-order valence-corrected chi connectivity index (χ0v) is 22.4. The molecule has 2 heterocycles. The number of piperidine rings is 1. The van der Waals surface area contributed by atoms with E-state index in [1.807, 2.05) is 0 Å². The number of carbonyl (C=O) groups excluding carboxylic acids is 3. The van der Waals surface area contributed by atoms with Crippen molar-refractivity contribution in [2.45, 2.75) is 25.9 Å². The Bertz CT molecular complexity index is 1260. The number of amides is 3. The lowest BCUT2D eigenvalue weighted by Gasteiger charge is -2.27. The van der Waals surface area contributed by atoms with Crippen molar-refractivity contribution in [1.82, 2.24) is 9.80 Å². The summed E-state index contributed by atoms with van der Waals surface area (Å²) in [6, 6.07) is 9.38. The minimum Gasteiger partial charge on any atom is -0.493 e. The summed E-state index contributed by atoms with van der Waals surface area (Å²) in [5.41, 5.74) is 1.32. The highest BCUT2D eigenvalue weighted by Gasteiger charge is 2.37. The SMILES string of the molecule is COc1cc(/C=C2/SC(=O)N(CC(=O)N3CCCCC3)C2=O)c(Br)cc1OCc1ccc([N+](=O)[O-])cc1. The number of imide groups is 1. The minimum atomic E-state index is -0.510. The number of hydrogen-bond donors (Lipinski definition) is 0. The van der Waals surface area contributed by atoms with E-state index in [-0.39, 0.29) is 29.7 Å². The number of hydrogen-bond acceptors (Lipinski definition) is 8. The van der Waals surface area contributed by atoms with Crippen LogP contribution in [0.5, 0.6) is 11.5 Å². The summed E-state index contributed by atoms with van der Waals surface area (Å²) in [6.07, 6.45) is 4.50. The lowest BCUT2D eigenvalue weighted by Crippen LogP contribution is -2.44. The molecular formula is C25H24BrN3O7S. The monoisotopic (exact) mass is 589 g/mol. The van der Waals surface area contributed by atoms with Crippen molar-refractivity contribution in [2.24, 2.45) is 0 Å². The average Bonchev–Trinajstić information content (AvgIpc) is 3.16. The summed E-state index contributed by atoms with van der Waals surface area (Å²) in [6.45, 7) is 1.19. The van der Waals surface area contributed by atoms with E-state index in [0.717, 1.165) is 41.5 Å². The van der Waals surface area contributed by atoms with Gasteiger partial charge in [0.05, 0.1) is 16.9 Å². The largest absolute Gasteiger partial charge is 0.493 e. The molecule has 2 aliphatic rings. The van der Waals surface area contributed by atoms with Crippen molar-refractivity contribution in [3.63, 3.8) is 0 Å². The lowest BCUT2D eigenvalue weighted by atomic mass is 10.1. The van der Waals surface area contributed by atoms with Gasteiger partial charge in [-0.3, -0.25) is 29.4 Å². The van der Waals surface area contributed by atoms with Gasteiger partial charge in [-0.1, -0.05) is 15.9 Å². The molecule has 0 radical (unpaired) electrons. The van der Waals surface area contributed by atoms with Crippen LogP contribution >= 0.6 is 27.7 Å². The zero-order chi connectivity index (χ0) is 26.5. The number of ether oxygens (including phenoxy) is 2. The number of rotatable bonds is 8. The van der Waals surface area contributed by atoms with Crippen LogP contribution in [0.1, 0.15) is 30.4 Å². The molecule has 0 saturated carbocycles. The van der Waals surface area contributed by atoms with Gasteiger partial charge in [0.2, 0.25) is 5.91 Å². The second-order valence-corrected chi connectivity index (χ2v) is 10.3. The number of thioether (sulfide) groups is 1. The molecule has 0 aliphatic carbocycles. The highest BCUT2D eigenvalue weighted by atomic mass is 79.9. The van der Waals surface area contributed by atoms with Gasteiger partial charge in [0.25, 0.3) is 16.8 Å². The Balaban J connectivity index is 1.46. The fourth-order valence-corrected chi connectivity index (χ4v) is 5.23. The van der Waals surface area contributed by atoms with Gasteiger partial charge in [0.1, 0.15) is 13.2 Å². The first-order chi connectivity index (χ1) is 17.8. The van der Waals surface area contributed by atoms with Gasteiger partial charge in [-0.25, -0.2) is 0 Å². The van der Waals surface area contributed by atoms with Crippen molar-refractivity contribution in [3.05, 3.63) is 67.0 Å². The molecule has 2 aromatic rings. The van der Waals surface area contributed by atoms with Crippen molar-refractivity contribution < 1.29 is 28.8 Å². The normalized spacial score (nSPS) is 16.9. The van der Waals surface area contributed by atoms with Crippen LogP contribution in [0.2, 0.25) is 0 Å². The molecule has 0 spiro atoms. The van der Waals surface area contributed by atoms with Crippen LogP contribution in [0.25, 0.3) is 6.08 Å². The molecule has 3 amide bonds. The van der Waals surface area contributed by atoms with Crippen molar-refractivity contribution in [2.75, 3.05) is 26.7 Å². The van der Waals surface area contributed by atoms with Crippen LogP contribution in [-0.4, -0.2) is 58.5 Å². The Hall–Kier alpha value is -3.38. The molecule has 0 unspecified atom stereocenters. The number of nitro groups is 1. The predicted molar refractivity (Wildman–Crippen MR) is 141 cm³/mol. The van der Waals surface area contributed by atoms with E-state index in [1.54, 1.807) is 35.2 Å². The van der Waals surface area contributed by atoms with E-state index in [1.165, 1.54) is 19.2 Å². The Labute approximate surface area is 225 Å². The fourth-order valence-electron chi connectivity index (χ4n) is 3.96.